The molecule has 8 nitrogen and oxygen atoms in total. The van der Waals surface area contributed by atoms with E-state index in [0.717, 1.165) is 16.9 Å². The summed E-state index contributed by atoms with van der Waals surface area (Å²) in [6.45, 7) is 4.69. The molecule has 1 atom stereocenters. The highest BCUT2D eigenvalue weighted by molar-refractivity contribution is 5.87. The number of para-hydroxylation sites is 1. The number of esters is 1. The largest absolute Gasteiger partial charge is 0.465 e. The predicted molar refractivity (Wildman–Crippen MR) is 130 cm³/mol. The zero-order valence-electron chi connectivity index (χ0n) is 19.4. The summed E-state index contributed by atoms with van der Waals surface area (Å²) < 4.78 is 22.0. The number of rotatable bonds is 5. The van der Waals surface area contributed by atoms with Gasteiger partial charge in [0.25, 0.3) is 5.56 Å². The number of hydrogen-bond acceptors (Lipinski definition) is 6. The summed E-state index contributed by atoms with van der Waals surface area (Å²) in [7, 11) is 0. The summed E-state index contributed by atoms with van der Waals surface area (Å²) in [5, 5.41) is 12.9. The molecule has 5 rings (SSSR count). The van der Waals surface area contributed by atoms with Gasteiger partial charge in [0.05, 0.1) is 30.1 Å². The van der Waals surface area contributed by atoms with Crippen LogP contribution >= 0.6 is 0 Å². The molecule has 0 aliphatic carbocycles. The SMILES string of the molecule is CC(=O)OCC1CNc2c(-c3ccc(=O)n(-c4ccccc4C)n3)c(-c3ccc(F)cc3)nn2C1. The number of fused-ring (bicyclic) bond motifs is 1. The highest BCUT2D eigenvalue weighted by Gasteiger charge is 2.28. The number of ether oxygens (including phenoxy) is 1. The van der Waals surface area contributed by atoms with Crippen molar-refractivity contribution in [2.75, 3.05) is 18.5 Å². The van der Waals surface area contributed by atoms with Crippen molar-refractivity contribution in [2.45, 2.75) is 20.4 Å². The van der Waals surface area contributed by atoms with Crippen LogP contribution in [0.5, 0.6) is 0 Å². The van der Waals surface area contributed by atoms with Gasteiger partial charge in [0.15, 0.2) is 0 Å². The molecule has 0 saturated carbocycles. The summed E-state index contributed by atoms with van der Waals surface area (Å²) in [6, 6.07) is 16.8. The third-order valence-electron chi connectivity index (χ3n) is 5.98. The maximum absolute atomic E-state index is 13.6. The number of hydrogen-bond donors (Lipinski definition) is 1. The Labute approximate surface area is 201 Å². The van der Waals surface area contributed by atoms with Crippen LogP contribution in [0.1, 0.15) is 12.5 Å². The van der Waals surface area contributed by atoms with E-state index in [1.165, 1.54) is 29.8 Å². The fraction of sp³-hybridized carbons (Fsp3) is 0.231. The number of carbonyl (C=O) groups is 1. The number of aromatic nitrogens is 4. The topological polar surface area (TPSA) is 91.0 Å². The van der Waals surface area contributed by atoms with Crippen molar-refractivity contribution >= 4 is 11.8 Å². The molecule has 4 aromatic rings. The number of aryl methyl sites for hydroxylation is 1. The van der Waals surface area contributed by atoms with Crippen molar-refractivity contribution in [2.24, 2.45) is 5.92 Å². The fourth-order valence-corrected chi connectivity index (χ4v) is 4.24. The first kappa shape index (κ1) is 22.5. The molecule has 0 fully saturated rings. The zero-order chi connectivity index (χ0) is 24.5. The Morgan fingerprint density at radius 2 is 1.89 bits per heavy atom. The third-order valence-corrected chi connectivity index (χ3v) is 5.98. The van der Waals surface area contributed by atoms with E-state index in [0.29, 0.717) is 35.7 Å². The number of benzene rings is 2. The predicted octanol–water partition coefficient (Wildman–Crippen LogP) is 3.82. The van der Waals surface area contributed by atoms with E-state index in [4.69, 9.17) is 14.9 Å². The quantitative estimate of drug-likeness (QED) is 0.443. The minimum Gasteiger partial charge on any atom is -0.465 e. The van der Waals surface area contributed by atoms with Crippen molar-refractivity contribution < 1.29 is 13.9 Å². The minimum absolute atomic E-state index is 0.0362. The standard InChI is InChI=1S/C26H24FN5O3/c1-16-5-3-4-6-22(16)32-23(34)12-11-21(29-32)24-25(19-7-9-20(27)10-8-19)30-31-14-18(13-28-26(24)31)15-35-17(2)33/h3-12,18,28H,13-15H2,1-2H3. The summed E-state index contributed by atoms with van der Waals surface area (Å²) in [4.78, 5) is 24.0. The van der Waals surface area contributed by atoms with E-state index >= 15 is 0 Å². The van der Waals surface area contributed by atoms with Gasteiger partial charge >= 0.3 is 5.97 Å². The van der Waals surface area contributed by atoms with Crippen LogP contribution < -0.4 is 10.9 Å². The lowest BCUT2D eigenvalue weighted by Gasteiger charge is -2.25. The van der Waals surface area contributed by atoms with Gasteiger partial charge < -0.3 is 10.1 Å². The molecule has 0 amide bonds. The van der Waals surface area contributed by atoms with Crippen LogP contribution in [-0.2, 0) is 16.1 Å². The number of carbonyl (C=O) groups excluding carboxylic acids is 1. The Morgan fingerprint density at radius 3 is 2.63 bits per heavy atom. The van der Waals surface area contributed by atoms with Crippen LogP contribution in [0.2, 0.25) is 0 Å². The first-order valence-electron chi connectivity index (χ1n) is 11.3. The van der Waals surface area contributed by atoms with Crippen molar-refractivity contribution in [3.05, 3.63) is 82.4 Å². The molecule has 2 aromatic carbocycles. The molecule has 1 N–H and O–H groups in total. The van der Waals surface area contributed by atoms with Gasteiger partial charge in [-0.15, -0.1) is 0 Å². The molecular weight excluding hydrogens is 449 g/mol. The van der Waals surface area contributed by atoms with E-state index in [2.05, 4.69) is 5.32 Å². The fourth-order valence-electron chi connectivity index (χ4n) is 4.24. The Bertz CT molecular complexity index is 1460. The smallest absolute Gasteiger partial charge is 0.302 e. The molecule has 178 valence electrons. The molecule has 1 aliphatic rings. The maximum Gasteiger partial charge on any atom is 0.302 e. The van der Waals surface area contributed by atoms with Crippen molar-refractivity contribution in [1.29, 1.82) is 0 Å². The number of anilines is 1. The van der Waals surface area contributed by atoms with E-state index in [1.54, 1.807) is 18.2 Å². The average molecular weight is 474 g/mol. The zero-order valence-corrected chi connectivity index (χ0v) is 19.4. The Morgan fingerprint density at radius 1 is 1.11 bits per heavy atom. The molecule has 3 heterocycles. The molecule has 9 heteroatoms. The average Bonchev–Trinajstić information content (AvgIpc) is 3.23. The molecule has 1 aliphatic heterocycles. The first-order valence-corrected chi connectivity index (χ1v) is 11.3. The van der Waals surface area contributed by atoms with Crippen LogP contribution in [0.25, 0.3) is 28.2 Å². The molecule has 2 aromatic heterocycles. The number of nitrogens with zero attached hydrogens (tertiary/aromatic N) is 4. The minimum atomic E-state index is -0.343. The van der Waals surface area contributed by atoms with Gasteiger partial charge in [-0.05, 0) is 48.9 Å². The molecule has 1 unspecified atom stereocenters. The summed E-state index contributed by atoms with van der Waals surface area (Å²) in [5.74, 6) is 0.108. The number of nitrogens with one attached hydrogen (secondary N) is 1. The molecular formula is C26H24FN5O3. The van der Waals surface area contributed by atoms with Gasteiger partial charge in [-0.3, -0.25) is 9.59 Å². The highest BCUT2D eigenvalue weighted by atomic mass is 19.1. The van der Waals surface area contributed by atoms with Crippen LogP contribution in [0.3, 0.4) is 0 Å². The Balaban J connectivity index is 1.64. The monoisotopic (exact) mass is 473 g/mol. The van der Waals surface area contributed by atoms with Gasteiger partial charge in [-0.2, -0.15) is 14.9 Å². The highest BCUT2D eigenvalue weighted by Crippen LogP contribution is 2.38. The van der Waals surface area contributed by atoms with Gasteiger partial charge in [0.1, 0.15) is 17.3 Å². The van der Waals surface area contributed by atoms with Crippen LogP contribution in [-0.4, -0.2) is 38.7 Å². The second-order valence-corrected chi connectivity index (χ2v) is 8.57. The van der Waals surface area contributed by atoms with Crippen LogP contribution in [0.4, 0.5) is 10.2 Å². The second-order valence-electron chi connectivity index (χ2n) is 8.57. The van der Waals surface area contributed by atoms with E-state index in [-0.39, 0.29) is 29.9 Å². The molecule has 0 radical (unpaired) electrons. The summed E-state index contributed by atoms with van der Waals surface area (Å²) in [5.41, 5.74) is 3.96. The lowest BCUT2D eigenvalue weighted by molar-refractivity contribution is -0.142. The number of halogens is 1. The van der Waals surface area contributed by atoms with Crippen LogP contribution in [0.15, 0.2) is 65.5 Å². The molecule has 0 saturated heterocycles. The van der Waals surface area contributed by atoms with Gasteiger partial charge in [0, 0.05) is 31.0 Å². The van der Waals surface area contributed by atoms with Crippen molar-refractivity contribution in [3.63, 3.8) is 0 Å². The van der Waals surface area contributed by atoms with E-state index in [9.17, 15) is 14.0 Å². The van der Waals surface area contributed by atoms with E-state index in [1.807, 2.05) is 35.9 Å². The van der Waals surface area contributed by atoms with Gasteiger partial charge in [0.2, 0.25) is 0 Å². The molecule has 35 heavy (non-hydrogen) atoms. The molecule has 0 spiro atoms. The summed E-state index contributed by atoms with van der Waals surface area (Å²) >= 11 is 0. The maximum atomic E-state index is 13.6. The van der Waals surface area contributed by atoms with Gasteiger partial charge in [-0.1, -0.05) is 18.2 Å². The van der Waals surface area contributed by atoms with Crippen molar-refractivity contribution in [3.8, 4) is 28.2 Å². The Hall–Kier alpha value is -4.27. The lowest BCUT2D eigenvalue weighted by Crippen LogP contribution is -2.31. The second kappa shape index (κ2) is 9.17. The van der Waals surface area contributed by atoms with Crippen molar-refractivity contribution in [1.82, 2.24) is 19.6 Å². The first-order chi connectivity index (χ1) is 16.9. The van der Waals surface area contributed by atoms with Crippen LogP contribution in [0, 0.1) is 18.7 Å². The van der Waals surface area contributed by atoms with E-state index < -0.39 is 0 Å². The lowest BCUT2D eigenvalue weighted by atomic mass is 10.0. The summed E-state index contributed by atoms with van der Waals surface area (Å²) in [6.07, 6.45) is 0. The van der Waals surface area contributed by atoms with Gasteiger partial charge in [-0.25, -0.2) is 9.07 Å². The Kier molecular flexibility index (Phi) is 5.90. The normalized spacial score (nSPS) is 14.8. The molecule has 0 bridgehead atoms. The third kappa shape index (κ3) is 4.44.